The Morgan fingerprint density at radius 1 is 1.33 bits per heavy atom. The van der Waals surface area contributed by atoms with E-state index in [2.05, 4.69) is 10.3 Å². The maximum Gasteiger partial charge on any atom is 0.280 e. The number of nitrogens with one attached hydrogen (secondary N) is 1. The molecule has 1 heterocycles. The van der Waals surface area contributed by atoms with Crippen molar-refractivity contribution < 1.29 is 27.2 Å². The van der Waals surface area contributed by atoms with Crippen LogP contribution in [0.3, 0.4) is 0 Å². The van der Waals surface area contributed by atoms with Crippen molar-refractivity contribution in [1.29, 1.82) is 0 Å². The lowest BCUT2D eigenvalue weighted by molar-refractivity contribution is -1.07. The molecule has 24 heavy (non-hydrogen) atoms. The number of nitrogens with zero attached hydrogens (tertiary/aromatic N) is 3. The zero-order valence-electron chi connectivity index (χ0n) is 13.8. The molecule has 0 aliphatic carbocycles. The number of halogens is 2. The molecule has 0 spiro atoms. The highest BCUT2D eigenvalue weighted by Crippen LogP contribution is 2.32. The minimum Gasteiger partial charge on any atom is -1.00 e. The molecule has 0 bridgehead atoms. The van der Waals surface area contributed by atoms with Crippen LogP contribution in [0.25, 0.3) is 10.9 Å². The summed E-state index contributed by atoms with van der Waals surface area (Å²) in [4.78, 5) is 15.1. The monoisotopic (exact) mass is 376 g/mol. The Morgan fingerprint density at radius 2 is 2.00 bits per heavy atom. The van der Waals surface area contributed by atoms with Crippen LogP contribution in [0.4, 0.5) is 11.4 Å². The van der Waals surface area contributed by atoms with E-state index in [-0.39, 0.29) is 40.1 Å². The largest absolute Gasteiger partial charge is 1.00 e. The van der Waals surface area contributed by atoms with E-state index in [9.17, 15) is 15.3 Å². The first-order valence-electron chi connectivity index (χ1n) is 7.12. The summed E-state index contributed by atoms with van der Waals surface area (Å²) in [6, 6.07) is 4.97. The zero-order chi connectivity index (χ0) is 16.3. The Hall–Kier alpha value is -1.67. The van der Waals surface area contributed by atoms with E-state index in [0.717, 1.165) is 12.0 Å². The molecule has 0 saturated carbocycles. The summed E-state index contributed by atoms with van der Waals surface area (Å²) in [5.74, 6) is 0. The summed E-state index contributed by atoms with van der Waals surface area (Å²) in [6.45, 7) is 3.10. The number of non-ortho nitro benzene ring substituents is 1. The van der Waals surface area contributed by atoms with Crippen molar-refractivity contribution in [1.82, 2.24) is 4.98 Å². The minimum absolute atomic E-state index is 0. The summed E-state index contributed by atoms with van der Waals surface area (Å²) in [7, 11) is 3.41. The molecule has 0 atom stereocenters. The fourth-order valence-corrected chi connectivity index (χ4v) is 2.37. The van der Waals surface area contributed by atoms with Crippen molar-refractivity contribution >= 4 is 34.7 Å². The highest BCUT2D eigenvalue weighted by molar-refractivity contribution is 6.00. The number of nitro benzene ring substituents is 1. The van der Waals surface area contributed by atoms with Gasteiger partial charge >= 0.3 is 0 Å². The van der Waals surface area contributed by atoms with E-state index in [4.69, 9.17) is 0 Å². The molecule has 0 radical (unpaired) electrons. The molecule has 0 amide bonds. The predicted octanol–water partition coefficient (Wildman–Crippen LogP) is 0.145. The number of anilines is 1. The quantitative estimate of drug-likeness (QED) is 0.324. The molecule has 1 aromatic heterocycles. The summed E-state index contributed by atoms with van der Waals surface area (Å²) in [5, 5.41) is 24.7. The first-order chi connectivity index (χ1) is 10.3. The van der Waals surface area contributed by atoms with Gasteiger partial charge in [-0.25, -0.2) is 5.21 Å². The normalized spacial score (nSPS) is 10.7. The number of hydrogen-bond acceptors (Lipinski definition) is 5. The minimum atomic E-state index is -0.387. The van der Waals surface area contributed by atoms with Crippen LogP contribution in [-0.4, -0.2) is 46.9 Å². The van der Waals surface area contributed by atoms with E-state index in [1.165, 1.54) is 6.07 Å². The lowest BCUT2D eigenvalue weighted by atomic mass is 10.1. The molecule has 0 unspecified atom stereocenters. The molecular formula is C15H22Cl2N4O3. The number of rotatable bonds is 6. The first-order valence-corrected chi connectivity index (χ1v) is 7.12. The van der Waals surface area contributed by atoms with Gasteiger partial charge in [0, 0.05) is 25.2 Å². The van der Waals surface area contributed by atoms with Crippen LogP contribution in [0.2, 0.25) is 0 Å². The van der Waals surface area contributed by atoms with Gasteiger partial charge in [-0.2, -0.15) is 4.65 Å². The van der Waals surface area contributed by atoms with Crippen molar-refractivity contribution in [2.75, 3.05) is 32.5 Å². The van der Waals surface area contributed by atoms with Gasteiger partial charge in [0.25, 0.3) is 5.69 Å². The van der Waals surface area contributed by atoms with E-state index in [1.807, 2.05) is 6.92 Å². The summed E-state index contributed by atoms with van der Waals surface area (Å²) in [5.41, 5.74) is 2.29. The Labute approximate surface area is 153 Å². The van der Waals surface area contributed by atoms with Crippen LogP contribution in [0.5, 0.6) is 0 Å². The highest BCUT2D eigenvalue weighted by Gasteiger charge is 2.17. The summed E-state index contributed by atoms with van der Waals surface area (Å²) in [6.07, 6.45) is 2.39. The van der Waals surface area contributed by atoms with Gasteiger partial charge in [0.1, 0.15) is 11.9 Å². The molecule has 0 saturated heterocycles. The third-order valence-corrected chi connectivity index (χ3v) is 3.47. The van der Waals surface area contributed by atoms with Crippen LogP contribution >= 0.6 is 12.4 Å². The average Bonchev–Trinajstić information content (AvgIpc) is 2.43. The molecule has 1 aromatic carbocycles. The molecule has 0 aliphatic rings. The number of fused-ring (bicyclic) bond motifs is 1. The molecule has 9 heteroatoms. The van der Waals surface area contributed by atoms with Crippen molar-refractivity contribution in [3.63, 3.8) is 0 Å². The van der Waals surface area contributed by atoms with Gasteiger partial charge in [0.2, 0.25) is 0 Å². The topological polar surface area (TPSA) is 88.3 Å². The van der Waals surface area contributed by atoms with Crippen LogP contribution in [0, 0.1) is 17.0 Å². The maximum absolute atomic E-state index is 11.3. The maximum atomic E-state index is 11.3. The van der Waals surface area contributed by atoms with Gasteiger partial charge < -0.3 is 17.7 Å². The van der Waals surface area contributed by atoms with Gasteiger partial charge in [0.05, 0.1) is 30.2 Å². The summed E-state index contributed by atoms with van der Waals surface area (Å²) < 4.78 is -0.0992. The van der Waals surface area contributed by atoms with Gasteiger partial charge in [0.15, 0.2) is 0 Å². The second-order valence-electron chi connectivity index (χ2n) is 5.87. The number of aromatic nitrogens is 1. The lowest BCUT2D eigenvalue weighted by Gasteiger charge is -2.19. The Balaban J connectivity index is 0.00000264. The number of benzene rings is 1. The summed E-state index contributed by atoms with van der Waals surface area (Å²) >= 11 is 0. The third kappa shape index (κ3) is 5.45. The van der Waals surface area contributed by atoms with Crippen LogP contribution in [-0.2, 0) is 0 Å². The number of nitro groups is 1. The molecule has 0 aliphatic heterocycles. The number of pyridine rings is 1. The molecule has 7 nitrogen and oxygen atoms in total. The fraction of sp³-hybridized carbons (Fsp3) is 0.400. The third-order valence-electron chi connectivity index (χ3n) is 3.47. The van der Waals surface area contributed by atoms with Gasteiger partial charge in [-0.3, -0.25) is 15.1 Å². The zero-order valence-corrected chi connectivity index (χ0v) is 15.4. The van der Waals surface area contributed by atoms with Crippen molar-refractivity contribution in [2.24, 2.45) is 0 Å². The molecule has 2 N–H and O–H groups in total. The van der Waals surface area contributed by atoms with E-state index in [0.29, 0.717) is 29.7 Å². The van der Waals surface area contributed by atoms with Crippen LogP contribution in [0.15, 0.2) is 24.4 Å². The van der Waals surface area contributed by atoms with E-state index in [1.54, 1.807) is 32.4 Å². The molecule has 2 rings (SSSR count). The number of hydroxylamine groups is 3. The molecule has 134 valence electrons. The number of quaternary nitrogens is 1. The lowest BCUT2D eigenvalue weighted by Crippen LogP contribution is -3.00. The molecule has 2 aromatic rings. The van der Waals surface area contributed by atoms with Gasteiger partial charge in [-0.1, -0.05) is 6.07 Å². The number of aryl methyl sites for hydroxylation is 1. The van der Waals surface area contributed by atoms with Crippen molar-refractivity contribution in [3.8, 4) is 0 Å². The Morgan fingerprint density at radius 3 is 2.58 bits per heavy atom. The first kappa shape index (κ1) is 22.3. The van der Waals surface area contributed by atoms with Crippen LogP contribution < -0.4 is 17.7 Å². The van der Waals surface area contributed by atoms with E-state index >= 15 is 0 Å². The van der Waals surface area contributed by atoms with E-state index < -0.39 is 0 Å². The van der Waals surface area contributed by atoms with Crippen molar-refractivity contribution in [2.45, 2.75) is 13.3 Å². The smallest absolute Gasteiger partial charge is 0.280 e. The Kier molecular flexibility index (Phi) is 8.36. The molecular weight excluding hydrogens is 355 g/mol. The highest BCUT2D eigenvalue weighted by atomic mass is 35.5. The second kappa shape index (κ2) is 8.98. The van der Waals surface area contributed by atoms with Gasteiger partial charge in [-0.05, 0) is 18.6 Å². The number of hydrogen-bond donors (Lipinski definition) is 2. The standard InChI is InChI=1S/C15H21N4O3.2ClH/c1-11-5-6-13(18(20)21)14-12(7-9-17-15(11)14)16-8-4-10-19(2,3)22;;/h5-7,9,22H,4,8,10H2,1-3H3,(H,16,17);2*1H/q+1;;/p-1. The second-order valence-corrected chi connectivity index (χ2v) is 5.87. The predicted molar refractivity (Wildman–Crippen MR) is 92.3 cm³/mol. The SMILES string of the molecule is Cc1ccc([N+](=O)[O-])c2c(NCCC[N+](C)(C)O)ccnc12.Cl.[Cl-]. The fourth-order valence-electron chi connectivity index (χ4n) is 2.37. The van der Waals surface area contributed by atoms with Crippen LogP contribution in [0.1, 0.15) is 12.0 Å². The van der Waals surface area contributed by atoms with Gasteiger partial charge in [-0.15, -0.1) is 12.4 Å². The van der Waals surface area contributed by atoms with Crippen molar-refractivity contribution in [3.05, 3.63) is 40.1 Å². The molecule has 0 fully saturated rings. The Bertz CT molecular complexity index is 705. The average molecular weight is 377 g/mol.